The van der Waals surface area contributed by atoms with Gasteiger partial charge in [0.2, 0.25) is 0 Å². The lowest BCUT2D eigenvalue weighted by atomic mass is 9.93. The predicted molar refractivity (Wildman–Crippen MR) is 106 cm³/mol. The van der Waals surface area contributed by atoms with E-state index in [0.29, 0.717) is 37.6 Å². The third-order valence-electron chi connectivity index (χ3n) is 6.06. The second-order valence-electron chi connectivity index (χ2n) is 7.83. The number of rotatable bonds is 4. The summed E-state index contributed by atoms with van der Waals surface area (Å²) in [6.45, 7) is 2.37. The van der Waals surface area contributed by atoms with Gasteiger partial charge in [0.15, 0.2) is 0 Å². The van der Waals surface area contributed by atoms with Crippen molar-refractivity contribution in [2.24, 2.45) is 18.9 Å². The van der Waals surface area contributed by atoms with Gasteiger partial charge in [0.25, 0.3) is 11.8 Å². The Hall–Kier alpha value is -3.13. The van der Waals surface area contributed by atoms with E-state index in [-0.39, 0.29) is 29.8 Å². The number of aromatic amines is 1. The Balaban J connectivity index is 1.23. The van der Waals surface area contributed by atoms with Crippen molar-refractivity contribution in [2.75, 3.05) is 26.2 Å². The molecule has 8 nitrogen and oxygen atoms in total. The van der Waals surface area contributed by atoms with E-state index in [1.165, 1.54) is 0 Å². The van der Waals surface area contributed by atoms with Crippen LogP contribution in [0.25, 0.3) is 10.9 Å². The third-order valence-corrected chi connectivity index (χ3v) is 6.06. The highest BCUT2D eigenvalue weighted by Crippen LogP contribution is 2.34. The number of likely N-dealkylation sites (tertiary alicyclic amines) is 1. The maximum absolute atomic E-state index is 13.0. The van der Waals surface area contributed by atoms with Crippen molar-refractivity contribution in [1.29, 1.82) is 0 Å². The van der Waals surface area contributed by atoms with Crippen LogP contribution in [0, 0.1) is 11.8 Å². The quantitative estimate of drug-likeness (QED) is 0.701. The minimum atomic E-state index is -0.141. The first-order valence-corrected chi connectivity index (χ1v) is 9.85. The SMILES string of the molecule is Cn1nccc1C(=O)NC[C@H]1CO[C@@H]2CN(C(=O)c3cc4ccccc4[nH]3)C[C@H]12. The second-order valence-corrected chi connectivity index (χ2v) is 7.83. The first kappa shape index (κ1) is 17.9. The number of carbonyl (C=O) groups is 2. The Kier molecular flexibility index (Phi) is 4.35. The normalized spacial score (nSPS) is 23.5. The van der Waals surface area contributed by atoms with Crippen LogP contribution in [0.5, 0.6) is 0 Å². The molecule has 2 saturated heterocycles. The smallest absolute Gasteiger partial charge is 0.270 e. The van der Waals surface area contributed by atoms with Crippen LogP contribution in [0.4, 0.5) is 0 Å². The van der Waals surface area contributed by atoms with E-state index in [4.69, 9.17) is 4.74 Å². The molecule has 2 aliphatic rings. The fraction of sp³-hybridized carbons (Fsp3) is 0.381. The van der Waals surface area contributed by atoms with E-state index in [9.17, 15) is 9.59 Å². The number of aromatic nitrogens is 3. The summed E-state index contributed by atoms with van der Waals surface area (Å²) >= 11 is 0. The number of H-pyrrole nitrogens is 1. The molecule has 2 aliphatic heterocycles. The highest BCUT2D eigenvalue weighted by molar-refractivity contribution is 5.98. The molecular weight excluding hydrogens is 370 g/mol. The van der Waals surface area contributed by atoms with Crippen molar-refractivity contribution in [3.63, 3.8) is 0 Å². The Bertz CT molecular complexity index is 1040. The fourth-order valence-corrected chi connectivity index (χ4v) is 4.44. The summed E-state index contributed by atoms with van der Waals surface area (Å²) in [5.41, 5.74) is 2.09. The van der Waals surface area contributed by atoms with Crippen molar-refractivity contribution in [3.8, 4) is 0 Å². The zero-order chi connectivity index (χ0) is 20.0. The number of ether oxygens (including phenoxy) is 1. The van der Waals surface area contributed by atoms with Crippen LogP contribution in [0.2, 0.25) is 0 Å². The van der Waals surface area contributed by atoms with E-state index < -0.39 is 0 Å². The number of nitrogens with zero attached hydrogens (tertiary/aromatic N) is 3. The number of aryl methyl sites for hydroxylation is 1. The largest absolute Gasteiger partial charge is 0.376 e. The van der Waals surface area contributed by atoms with Crippen LogP contribution in [-0.4, -0.2) is 63.8 Å². The molecule has 1 aromatic carbocycles. The molecule has 0 aliphatic carbocycles. The molecule has 3 aromatic rings. The summed E-state index contributed by atoms with van der Waals surface area (Å²) in [7, 11) is 1.74. The lowest BCUT2D eigenvalue weighted by Gasteiger charge is -2.19. The molecule has 4 heterocycles. The Morgan fingerprint density at radius 1 is 1.28 bits per heavy atom. The van der Waals surface area contributed by atoms with Crippen molar-refractivity contribution in [1.82, 2.24) is 25.0 Å². The molecular formula is C21H23N5O3. The molecule has 150 valence electrons. The summed E-state index contributed by atoms with van der Waals surface area (Å²) < 4.78 is 7.49. The average molecular weight is 393 g/mol. The monoisotopic (exact) mass is 393 g/mol. The highest BCUT2D eigenvalue weighted by Gasteiger charge is 2.45. The van der Waals surface area contributed by atoms with E-state index in [2.05, 4.69) is 15.4 Å². The van der Waals surface area contributed by atoms with Gasteiger partial charge in [-0.1, -0.05) is 18.2 Å². The van der Waals surface area contributed by atoms with E-state index in [1.54, 1.807) is 24.0 Å². The number of benzene rings is 1. The number of nitrogens with one attached hydrogen (secondary N) is 2. The Labute approximate surface area is 167 Å². The maximum atomic E-state index is 13.0. The number of amides is 2. The lowest BCUT2D eigenvalue weighted by molar-refractivity contribution is 0.0670. The fourth-order valence-electron chi connectivity index (χ4n) is 4.44. The van der Waals surface area contributed by atoms with Crippen molar-refractivity contribution in [3.05, 3.63) is 54.0 Å². The minimum Gasteiger partial charge on any atom is -0.376 e. The van der Waals surface area contributed by atoms with Crippen LogP contribution in [0.15, 0.2) is 42.6 Å². The number of carbonyl (C=O) groups excluding carboxylic acids is 2. The molecule has 2 amide bonds. The van der Waals surface area contributed by atoms with E-state index >= 15 is 0 Å². The Morgan fingerprint density at radius 3 is 2.93 bits per heavy atom. The van der Waals surface area contributed by atoms with E-state index in [0.717, 1.165) is 10.9 Å². The van der Waals surface area contributed by atoms with Crippen molar-refractivity contribution >= 4 is 22.7 Å². The van der Waals surface area contributed by atoms with Crippen LogP contribution < -0.4 is 5.32 Å². The van der Waals surface area contributed by atoms with Crippen molar-refractivity contribution in [2.45, 2.75) is 6.10 Å². The highest BCUT2D eigenvalue weighted by atomic mass is 16.5. The first-order valence-electron chi connectivity index (χ1n) is 9.85. The van der Waals surface area contributed by atoms with Gasteiger partial charge in [-0.25, -0.2) is 0 Å². The molecule has 8 heteroatoms. The van der Waals surface area contributed by atoms with Crippen molar-refractivity contribution < 1.29 is 14.3 Å². The van der Waals surface area contributed by atoms with Crippen LogP contribution >= 0.6 is 0 Å². The van der Waals surface area contributed by atoms with Crippen LogP contribution in [-0.2, 0) is 11.8 Å². The molecule has 0 radical (unpaired) electrons. The predicted octanol–water partition coefficient (Wildman–Crippen LogP) is 1.42. The van der Waals surface area contributed by atoms with Gasteiger partial charge in [-0.15, -0.1) is 0 Å². The molecule has 29 heavy (non-hydrogen) atoms. The van der Waals surface area contributed by atoms with Crippen LogP contribution in [0.3, 0.4) is 0 Å². The van der Waals surface area contributed by atoms with Gasteiger partial charge in [0, 0.05) is 55.6 Å². The average Bonchev–Trinajstić information content (AvgIpc) is 3.48. The molecule has 0 bridgehead atoms. The standard InChI is InChI=1S/C21H23N5O3/c1-25-18(6-7-23-25)20(27)22-9-14-12-29-19-11-26(10-15(14)19)21(28)17-8-13-4-2-3-5-16(13)24-17/h2-8,14-15,19,24H,9-12H2,1H3,(H,22,27)/t14-,15+,19+/m0/s1. The van der Waals surface area contributed by atoms with Gasteiger partial charge in [-0.2, -0.15) is 5.10 Å². The van der Waals surface area contributed by atoms with Gasteiger partial charge >= 0.3 is 0 Å². The molecule has 5 rings (SSSR count). The van der Waals surface area contributed by atoms with Gasteiger partial charge in [0.05, 0.1) is 12.7 Å². The van der Waals surface area contributed by atoms with Gasteiger partial charge in [-0.3, -0.25) is 14.3 Å². The molecule has 3 atom stereocenters. The third kappa shape index (κ3) is 3.19. The summed E-state index contributed by atoms with van der Waals surface area (Å²) in [5.74, 6) is 0.280. The second kappa shape index (κ2) is 7.04. The van der Waals surface area contributed by atoms with E-state index in [1.807, 2.05) is 35.2 Å². The summed E-state index contributed by atoms with van der Waals surface area (Å²) in [4.78, 5) is 30.4. The first-order chi connectivity index (χ1) is 14.1. The summed E-state index contributed by atoms with van der Waals surface area (Å²) in [5, 5.41) is 8.04. The maximum Gasteiger partial charge on any atom is 0.270 e. The Morgan fingerprint density at radius 2 is 2.14 bits per heavy atom. The molecule has 0 saturated carbocycles. The van der Waals surface area contributed by atoms with Crippen LogP contribution in [0.1, 0.15) is 21.0 Å². The number of fused-ring (bicyclic) bond motifs is 2. The molecule has 2 N–H and O–H groups in total. The zero-order valence-corrected chi connectivity index (χ0v) is 16.2. The summed E-state index contributed by atoms with van der Waals surface area (Å²) in [6, 6.07) is 11.5. The van der Waals surface area contributed by atoms with Gasteiger partial charge in [0.1, 0.15) is 11.4 Å². The van der Waals surface area contributed by atoms with Gasteiger partial charge in [-0.05, 0) is 18.2 Å². The zero-order valence-electron chi connectivity index (χ0n) is 16.2. The molecule has 2 aromatic heterocycles. The minimum absolute atomic E-state index is 0.00290. The molecule has 0 unspecified atom stereocenters. The number of hydrogen-bond acceptors (Lipinski definition) is 4. The van der Waals surface area contributed by atoms with Gasteiger partial charge < -0.3 is 19.9 Å². The topological polar surface area (TPSA) is 92.2 Å². The number of para-hydroxylation sites is 1. The lowest BCUT2D eigenvalue weighted by Crippen LogP contribution is -2.36. The summed E-state index contributed by atoms with van der Waals surface area (Å²) in [6.07, 6.45) is 1.63. The molecule has 0 spiro atoms. The molecule has 2 fully saturated rings. The number of hydrogen-bond donors (Lipinski definition) is 2.